The fraction of sp³-hybridized carbons (Fsp3) is 0.333. The van der Waals surface area contributed by atoms with Crippen LogP contribution < -0.4 is 14.8 Å². The van der Waals surface area contributed by atoms with Gasteiger partial charge in [0.05, 0.1) is 32.5 Å². The molecule has 7 nitrogen and oxygen atoms in total. The van der Waals surface area contributed by atoms with E-state index in [4.69, 9.17) is 13.9 Å². The lowest BCUT2D eigenvalue weighted by Gasteiger charge is -2.17. The van der Waals surface area contributed by atoms with E-state index >= 15 is 0 Å². The second kappa shape index (κ2) is 8.21. The second-order valence-electron chi connectivity index (χ2n) is 6.65. The number of nitrogens with one attached hydrogen (secondary N) is 1. The third-order valence-electron chi connectivity index (χ3n) is 4.55. The Morgan fingerprint density at radius 1 is 1.18 bits per heavy atom. The molecule has 28 heavy (non-hydrogen) atoms. The fourth-order valence-electron chi connectivity index (χ4n) is 3.09. The Hall–Kier alpha value is -3.22. The van der Waals surface area contributed by atoms with E-state index in [2.05, 4.69) is 10.4 Å². The number of rotatable bonds is 7. The van der Waals surface area contributed by atoms with Gasteiger partial charge >= 0.3 is 0 Å². The molecule has 0 saturated carbocycles. The number of hydrogen-bond donors (Lipinski definition) is 1. The van der Waals surface area contributed by atoms with E-state index < -0.39 is 0 Å². The molecule has 1 N–H and O–H groups in total. The van der Waals surface area contributed by atoms with Crippen LogP contribution in [0.1, 0.15) is 46.2 Å². The van der Waals surface area contributed by atoms with Crippen LogP contribution in [-0.4, -0.2) is 29.9 Å². The Morgan fingerprint density at radius 2 is 1.96 bits per heavy atom. The number of aryl methyl sites for hydroxylation is 2. The van der Waals surface area contributed by atoms with Crippen LogP contribution in [0.15, 0.2) is 40.8 Å². The Balaban J connectivity index is 1.71. The van der Waals surface area contributed by atoms with Gasteiger partial charge in [-0.2, -0.15) is 5.10 Å². The molecule has 0 saturated heterocycles. The quantitative estimate of drug-likeness (QED) is 0.674. The predicted octanol–water partition coefficient (Wildman–Crippen LogP) is 3.65. The maximum atomic E-state index is 12.6. The number of ether oxygens (including phenoxy) is 2. The highest BCUT2D eigenvalue weighted by Crippen LogP contribution is 2.29. The van der Waals surface area contributed by atoms with Crippen molar-refractivity contribution in [3.63, 3.8) is 0 Å². The van der Waals surface area contributed by atoms with E-state index in [1.54, 1.807) is 26.4 Å². The highest BCUT2D eigenvalue weighted by atomic mass is 16.5. The molecule has 7 heteroatoms. The van der Waals surface area contributed by atoms with Gasteiger partial charge in [-0.05, 0) is 57.2 Å². The van der Waals surface area contributed by atoms with Crippen LogP contribution in [0.2, 0.25) is 0 Å². The van der Waals surface area contributed by atoms with Crippen molar-refractivity contribution < 1.29 is 18.7 Å². The molecule has 0 aliphatic rings. The van der Waals surface area contributed by atoms with Gasteiger partial charge < -0.3 is 19.2 Å². The van der Waals surface area contributed by atoms with Crippen molar-refractivity contribution in [3.05, 3.63) is 64.9 Å². The van der Waals surface area contributed by atoms with Gasteiger partial charge in [-0.25, -0.2) is 0 Å². The number of furan rings is 1. The summed E-state index contributed by atoms with van der Waals surface area (Å²) >= 11 is 0. The molecule has 2 aromatic heterocycles. The second-order valence-corrected chi connectivity index (χ2v) is 6.65. The SMILES string of the molecule is COc1ccc(OC)c(C(C)NC(=O)c2ccc(Cn3nc(C)cc3C)o2)c1. The molecule has 1 atom stereocenters. The number of carbonyl (C=O) groups excluding carboxylic acids is 1. The van der Waals surface area contributed by atoms with Crippen LogP contribution in [-0.2, 0) is 6.54 Å². The van der Waals surface area contributed by atoms with Crippen molar-refractivity contribution in [1.29, 1.82) is 0 Å². The molecule has 0 radical (unpaired) electrons. The summed E-state index contributed by atoms with van der Waals surface area (Å²) in [7, 11) is 3.19. The van der Waals surface area contributed by atoms with Gasteiger partial charge in [-0.1, -0.05) is 0 Å². The average Bonchev–Trinajstić information content (AvgIpc) is 3.27. The maximum absolute atomic E-state index is 12.6. The van der Waals surface area contributed by atoms with E-state index in [1.165, 1.54) is 0 Å². The monoisotopic (exact) mass is 383 g/mol. The number of nitrogens with zero attached hydrogens (tertiary/aromatic N) is 2. The lowest BCUT2D eigenvalue weighted by atomic mass is 10.1. The van der Waals surface area contributed by atoms with Crippen molar-refractivity contribution in [3.8, 4) is 11.5 Å². The lowest BCUT2D eigenvalue weighted by Crippen LogP contribution is -2.26. The van der Waals surface area contributed by atoms with Gasteiger partial charge in [0.15, 0.2) is 5.76 Å². The van der Waals surface area contributed by atoms with Crippen LogP contribution >= 0.6 is 0 Å². The molecule has 1 unspecified atom stereocenters. The first kappa shape index (κ1) is 19.5. The van der Waals surface area contributed by atoms with Crippen molar-refractivity contribution in [2.75, 3.05) is 14.2 Å². The highest BCUT2D eigenvalue weighted by Gasteiger charge is 2.18. The first-order valence-electron chi connectivity index (χ1n) is 9.03. The molecular formula is C21H25N3O4. The van der Waals surface area contributed by atoms with Gasteiger partial charge in [-0.3, -0.25) is 9.48 Å². The first-order chi connectivity index (χ1) is 13.4. The zero-order valence-corrected chi connectivity index (χ0v) is 16.8. The molecule has 0 spiro atoms. The fourth-order valence-corrected chi connectivity index (χ4v) is 3.09. The highest BCUT2D eigenvalue weighted by molar-refractivity contribution is 5.91. The Labute approximate surface area is 164 Å². The van der Waals surface area contributed by atoms with Crippen molar-refractivity contribution >= 4 is 5.91 Å². The van der Waals surface area contributed by atoms with Gasteiger partial charge in [-0.15, -0.1) is 0 Å². The Morgan fingerprint density at radius 3 is 2.61 bits per heavy atom. The molecule has 1 amide bonds. The van der Waals surface area contributed by atoms with E-state index in [0.717, 1.165) is 17.0 Å². The molecule has 0 fully saturated rings. The summed E-state index contributed by atoms with van der Waals surface area (Å²) < 4.78 is 18.2. The third-order valence-corrected chi connectivity index (χ3v) is 4.55. The Bertz CT molecular complexity index is 974. The summed E-state index contributed by atoms with van der Waals surface area (Å²) in [6.45, 7) is 6.29. The topological polar surface area (TPSA) is 78.5 Å². The van der Waals surface area contributed by atoms with E-state index in [1.807, 2.05) is 49.7 Å². The lowest BCUT2D eigenvalue weighted by molar-refractivity contribution is 0.0909. The van der Waals surface area contributed by atoms with Crippen molar-refractivity contribution in [2.24, 2.45) is 0 Å². The number of benzene rings is 1. The van der Waals surface area contributed by atoms with Crippen LogP contribution in [0, 0.1) is 13.8 Å². The van der Waals surface area contributed by atoms with Crippen molar-refractivity contribution in [1.82, 2.24) is 15.1 Å². The predicted molar refractivity (Wildman–Crippen MR) is 105 cm³/mol. The van der Waals surface area contributed by atoms with Gasteiger partial charge in [0, 0.05) is 11.3 Å². The van der Waals surface area contributed by atoms with E-state index in [9.17, 15) is 4.79 Å². The number of amides is 1. The number of carbonyl (C=O) groups is 1. The summed E-state index contributed by atoms with van der Waals surface area (Å²) in [5.41, 5.74) is 2.81. The first-order valence-corrected chi connectivity index (χ1v) is 9.03. The third kappa shape index (κ3) is 4.19. The molecule has 0 aliphatic carbocycles. The normalized spacial score (nSPS) is 11.9. The van der Waals surface area contributed by atoms with Crippen LogP contribution in [0.5, 0.6) is 11.5 Å². The molecule has 3 rings (SSSR count). The molecule has 0 aliphatic heterocycles. The zero-order chi connectivity index (χ0) is 20.3. The number of methoxy groups -OCH3 is 2. The van der Waals surface area contributed by atoms with Gasteiger partial charge in [0.25, 0.3) is 5.91 Å². The molecule has 1 aromatic carbocycles. The molecule has 3 aromatic rings. The van der Waals surface area contributed by atoms with E-state index in [0.29, 0.717) is 23.8 Å². The summed E-state index contributed by atoms with van der Waals surface area (Å²) in [6.07, 6.45) is 0. The number of aromatic nitrogens is 2. The summed E-state index contributed by atoms with van der Waals surface area (Å²) in [6, 6.07) is 10.7. The van der Waals surface area contributed by atoms with Crippen LogP contribution in [0.3, 0.4) is 0 Å². The molecule has 148 valence electrons. The van der Waals surface area contributed by atoms with Gasteiger partial charge in [0.2, 0.25) is 0 Å². The van der Waals surface area contributed by atoms with E-state index in [-0.39, 0.29) is 17.7 Å². The molecular weight excluding hydrogens is 358 g/mol. The Kier molecular flexibility index (Phi) is 5.73. The maximum Gasteiger partial charge on any atom is 0.287 e. The minimum absolute atomic E-state index is 0.255. The molecule has 2 heterocycles. The summed E-state index contributed by atoms with van der Waals surface area (Å²) in [4.78, 5) is 12.6. The van der Waals surface area contributed by atoms with Crippen LogP contribution in [0.25, 0.3) is 0 Å². The smallest absolute Gasteiger partial charge is 0.287 e. The summed E-state index contributed by atoms with van der Waals surface area (Å²) in [5.74, 6) is 2.01. The van der Waals surface area contributed by atoms with Gasteiger partial charge in [0.1, 0.15) is 17.3 Å². The van der Waals surface area contributed by atoms with Crippen molar-refractivity contribution in [2.45, 2.75) is 33.4 Å². The minimum atomic E-state index is -0.294. The summed E-state index contributed by atoms with van der Waals surface area (Å²) in [5, 5.41) is 7.35. The number of hydrogen-bond acceptors (Lipinski definition) is 5. The standard InChI is InChI=1S/C21H25N3O4/c1-13-10-14(2)24(23-13)12-17-7-9-20(28-17)21(25)22-15(3)18-11-16(26-4)6-8-19(18)27-5/h6-11,15H,12H2,1-5H3,(H,22,25). The molecule has 0 bridgehead atoms. The van der Waals surface area contributed by atoms with Crippen LogP contribution in [0.4, 0.5) is 0 Å². The minimum Gasteiger partial charge on any atom is -0.497 e. The zero-order valence-electron chi connectivity index (χ0n) is 16.8. The largest absolute Gasteiger partial charge is 0.497 e. The average molecular weight is 383 g/mol.